The second-order valence-electron chi connectivity index (χ2n) is 6.08. The van der Waals surface area contributed by atoms with Gasteiger partial charge in [-0.15, -0.1) is 0 Å². The highest BCUT2D eigenvalue weighted by atomic mass is 16.4. The van der Waals surface area contributed by atoms with Gasteiger partial charge in [0.05, 0.1) is 5.92 Å². The first-order valence-corrected chi connectivity index (χ1v) is 7.81. The summed E-state index contributed by atoms with van der Waals surface area (Å²) in [6.45, 7) is 4.15. The molecule has 0 spiro atoms. The smallest absolute Gasteiger partial charge is 0.307 e. The average Bonchev–Trinajstić information content (AvgIpc) is 2.75. The van der Waals surface area contributed by atoms with Crippen LogP contribution >= 0.6 is 0 Å². The number of benzene rings is 1. The number of fused-ring (bicyclic) bond motifs is 1. The largest absolute Gasteiger partial charge is 0.481 e. The monoisotopic (exact) mass is 306 g/mol. The SMILES string of the molecule is C=C1CCCCC(C(=O)O)C1c1ccc2c(C#N)nccc2c1. The van der Waals surface area contributed by atoms with Gasteiger partial charge < -0.3 is 5.11 Å². The van der Waals surface area contributed by atoms with Gasteiger partial charge in [0.25, 0.3) is 0 Å². The van der Waals surface area contributed by atoms with E-state index in [4.69, 9.17) is 5.26 Å². The molecular weight excluding hydrogens is 288 g/mol. The van der Waals surface area contributed by atoms with Crippen LogP contribution in [0.2, 0.25) is 0 Å². The maximum atomic E-state index is 11.7. The molecule has 4 heteroatoms. The molecule has 0 radical (unpaired) electrons. The lowest BCUT2D eigenvalue weighted by atomic mass is 9.79. The second kappa shape index (κ2) is 6.21. The number of aromatic nitrogens is 1. The zero-order valence-electron chi connectivity index (χ0n) is 12.8. The van der Waals surface area contributed by atoms with Crippen molar-refractivity contribution in [2.75, 3.05) is 0 Å². The molecule has 2 unspecified atom stereocenters. The quantitative estimate of drug-likeness (QED) is 0.671. The number of carboxylic acids is 1. The molecule has 2 atom stereocenters. The number of nitriles is 1. The topological polar surface area (TPSA) is 74.0 Å². The van der Waals surface area contributed by atoms with E-state index < -0.39 is 11.9 Å². The average molecular weight is 306 g/mol. The standard InChI is InChI=1S/C19H18N2O2/c1-12-4-2-3-5-16(19(22)23)18(12)14-6-7-15-13(10-14)8-9-21-17(15)11-20/h6-10,16,18H,1-5H2,(H,22,23). The Labute approximate surface area is 135 Å². The van der Waals surface area contributed by atoms with Crippen LogP contribution in [0.15, 0.2) is 42.6 Å². The van der Waals surface area contributed by atoms with Crippen LogP contribution in [0.1, 0.15) is 42.9 Å². The number of allylic oxidation sites excluding steroid dienone is 1. The third-order valence-corrected chi connectivity index (χ3v) is 4.68. The fraction of sp³-hybridized carbons (Fsp3) is 0.316. The van der Waals surface area contributed by atoms with E-state index in [-0.39, 0.29) is 5.92 Å². The molecule has 1 heterocycles. The Morgan fingerprint density at radius 3 is 2.91 bits per heavy atom. The van der Waals surface area contributed by atoms with E-state index in [1.54, 1.807) is 6.20 Å². The van der Waals surface area contributed by atoms with Crippen LogP contribution in [-0.2, 0) is 4.79 Å². The Kier molecular flexibility index (Phi) is 4.12. The molecule has 3 rings (SSSR count). The zero-order chi connectivity index (χ0) is 16.4. The zero-order valence-corrected chi connectivity index (χ0v) is 12.8. The van der Waals surface area contributed by atoms with E-state index in [0.29, 0.717) is 12.1 Å². The van der Waals surface area contributed by atoms with Crippen LogP contribution in [0, 0.1) is 17.2 Å². The highest BCUT2D eigenvalue weighted by Crippen LogP contribution is 2.40. The third-order valence-electron chi connectivity index (χ3n) is 4.68. The van der Waals surface area contributed by atoms with Crippen molar-refractivity contribution in [1.29, 1.82) is 5.26 Å². The molecule has 23 heavy (non-hydrogen) atoms. The third kappa shape index (κ3) is 2.83. The van der Waals surface area contributed by atoms with Gasteiger partial charge in [0, 0.05) is 17.5 Å². The highest BCUT2D eigenvalue weighted by Gasteiger charge is 2.32. The number of carbonyl (C=O) groups is 1. The van der Waals surface area contributed by atoms with Gasteiger partial charge in [-0.05, 0) is 36.3 Å². The number of carboxylic acid groups (broad SMARTS) is 1. The lowest BCUT2D eigenvalue weighted by Crippen LogP contribution is -2.22. The van der Waals surface area contributed by atoms with E-state index in [0.717, 1.165) is 41.2 Å². The Bertz CT molecular complexity index is 820. The van der Waals surface area contributed by atoms with E-state index in [1.807, 2.05) is 24.3 Å². The lowest BCUT2D eigenvalue weighted by Gasteiger charge is -2.24. The van der Waals surface area contributed by atoms with Crippen LogP contribution in [0.25, 0.3) is 10.8 Å². The molecule has 2 aromatic rings. The minimum Gasteiger partial charge on any atom is -0.481 e. The first-order valence-electron chi connectivity index (χ1n) is 7.81. The van der Waals surface area contributed by atoms with Crippen molar-refractivity contribution < 1.29 is 9.90 Å². The Morgan fingerprint density at radius 1 is 1.35 bits per heavy atom. The molecule has 1 aromatic carbocycles. The summed E-state index contributed by atoms with van der Waals surface area (Å²) in [4.78, 5) is 15.8. The number of pyridine rings is 1. The van der Waals surface area contributed by atoms with Crippen LogP contribution < -0.4 is 0 Å². The molecule has 0 saturated heterocycles. The summed E-state index contributed by atoms with van der Waals surface area (Å²) in [6, 6.07) is 9.72. The van der Waals surface area contributed by atoms with Gasteiger partial charge in [0.15, 0.2) is 0 Å². The normalized spacial score (nSPS) is 21.6. The van der Waals surface area contributed by atoms with Gasteiger partial charge in [-0.2, -0.15) is 5.26 Å². The molecule has 0 aliphatic heterocycles. The first-order chi connectivity index (χ1) is 11.1. The minimum absolute atomic E-state index is 0.168. The number of aliphatic carboxylic acids is 1. The molecule has 1 N–H and O–H groups in total. The Morgan fingerprint density at radius 2 is 2.17 bits per heavy atom. The van der Waals surface area contributed by atoms with E-state index in [2.05, 4.69) is 17.6 Å². The Balaban J connectivity index is 2.11. The van der Waals surface area contributed by atoms with E-state index >= 15 is 0 Å². The van der Waals surface area contributed by atoms with Gasteiger partial charge in [-0.25, -0.2) is 4.98 Å². The fourth-order valence-electron chi connectivity index (χ4n) is 3.54. The first kappa shape index (κ1) is 15.2. The van der Waals surface area contributed by atoms with Crippen molar-refractivity contribution in [2.24, 2.45) is 5.92 Å². The van der Waals surface area contributed by atoms with E-state index in [1.165, 1.54) is 0 Å². The number of hydrogen-bond donors (Lipinski definition) is 1. The van der Waals surface area contributed by atoms with Crippen LogP contribution in [0.4, 0.5) is 0 Å². The summed E-state index contributed by atoms with van der Waals surface area (Å²) in [5.41, 5.74) is 2.35. The molecule has 1 fully saturated rings. The molecular formula is C19H18N2O2. The molecule has 116 valence electrons. The molecule has 1 aromatic heterocycles. The van der Waals surface area contributed by atoms with E-state index in [9.17, 15) is 9.90 Å². The Hall–Kier alpha value is -2.67. The summed E-state index contributed by atoms with van der Waals surface area (Å²) < 4.78 is 0. The predicted octanol–water partition coefficient (Wildman–Crippen LogP) is 4.02. The maximum Gasteiger partial charge on any atom is 0.307 e. The lowest BCUT2D eigenvalue weighted by molar-refractivity contribution is -0.142. The van der Waals surface area contributed by atoms with Crippen LogP contribution in [0.5, 0.6) is 0 Å². The molecule has 4 nitrogen and oxygen atoms in total. The van der Waals surface area contributed by atoms with Crippen molar-refractivity contribution in [3.8, 4) is 6.07 Å². The van der Waals surface area contributed by atoms with Crippen molar-refractivity contribution in [1.82, 2.24) is 4.98 Å². The van der Waals surface area contributed by atoms with Crippen molar-refractivity contribution >= 4 is 16.7 Å². The molecule has 0 bridgehead atoms. The molecule has 1 aliphatic carbocycles. The van der Waals surface area contributed by atoms with Gasteiger partial charge >= 0.3 is 5.97 Å². The second-order valence-corrected chi connectivity index (χ2v) is 6.08. The van der Waals surface area contributed by atoms with Gasteiger partial charge in [-0.3, -0.25) is 4.79 Å². The molecule has 0 amide bonds. The summed E-state index contributed by atoms with van der Waals surface area (Å²) in [7, 11) is 0. The number of hydrogen-bond acceptors (Lipinski definition) is 3. The van der Waals surface area contributed by atoms with Crippen molar-refractivity contribution in [3.63, 3.8) is 0 Å². The van der Waals surface area contributed by atoms with Crippen LogP contribution in [-0.4, -0.2) is 16.1 Å². The van der Waals surface area contributed by atoms with Crippen molar-refractivity contribution in [2.45, 2.75) is 31.6 Å². The maximum absolute atomic E-state index is 11.7. The summed E-state index contributed by atoms with van der Waals surface area (Å²) >= 11 is 0. The summed E-state index contributed by atoms with van der Waals surface area (Å²) in [5, 5.41) is 20.5. The van der Waals surface area contributed by atoms with Gasteiger partial charge in [0.1, 0.15) is 11.8 Å². The highest BCUT2D eigenvalue weighted by molar-refractivity contribution is 5.87. The van der Waals surface area contributed by atoms with Crippen LogP contribution in [0.3, 0.4) is 0 Å². The van der Waals surface area contributed by atoms with Crippen molar-refractivity contribution in [3.05, 3.63) is 53.9 Å². The van der Waals surface area contributed by atoms with Gasteiger partial charge in [0.2, 0.25) is 0 Å². The van der Waals surface area contributed by atoms with Gasteiger partial charge in [-0.1, -0.05) is 36.8 Å². The number of nitrogens with zero attached hydrogens (tertiary/aromatic N) is 2. The summed E-state index contributed by atoms with van der Waals surface area (Å²) in [6.07, 6.45) is 5.07. The predicted molar refractivity (Wildman–Crippen MR) is 87.9 cm³/mol. The minimum atomic E-state index is -0.759. The summed E-state index contributed by atoms with van der Waals surface area (Å²) in [5.74, 6) is -1.36. The molecule has 1 aliphatic rings. The fourth-order valence-corrected chi connectivity index (χ4v) is 3.54. The molecule has 1 saturated carbocycles. The number of rotatable bonds is 2.